The van der Waals surface area contributed by atoms with Crippen molar-refractivity contribution in [1.82, 2.24) is 10.3 Å². The SMILES string of the molecule is Cc1cc(C)cc(N2CCC(N[C@H]3COC[C@H]3Cc3ccncc3)CC2)c1. The minimum absolute atomic E-state index is 0.468. The molecule has 3 heterocycles. The van der Waals surface area contributed by atoms with Gasteiger partial charge in [0.05, 0.1) is 13.2 Å². The number of nitrogens with one attached hydrogen (secondary N) is 1. The Bertz CT molecular complexity index is 720. The summed E-state index contributed by atoms with van der Waals surface area (Å²) < 4.78 is 5.81. The van der Waals surface area contributed by atoms with Crippen LogP contribution in [0.3, 0.4) is 0 Å². The van der Waals surface area contributed by atoms with Gasteiger partial charge in [0.2, 0.25) is 0 Å². The van der Waals surface area contributed by atoms with E-state index in [2.05, 4.69) is 59.4 Å². The van der Waals surface area contributed by atoms with E-state index in [-0.39, 0.29) is 0 Å². The Balaban J connectivity index is 1.30. The first-order valence-electron chi connectivity index (χ1n) is 10.2. The first-order valence-corrected chi connectivity index (χ1v) is 10.2. The smallest absolute Gasteiger partial charge is 0.0623 e. The predicted molar refractivity (Wildman–Crippen MR) is 110 cm³/mol. The Morgan fingerprint density at radius 3 is 2.44 bits per heavy atom. The maximum absolute atomic E-state index is 5.81. The van der Waals surface area contributed by atoms with E-state index in [9.17, 15) is 0 Å². The summed E-state index contributed by atoms with van der Waals surface area (Å²) in [7, 11) is 0. The maximum atomic E-state index is 5.81. The molecule has 2 atom stereocenters. The number of rotatable bonds is 5. The zero-order valence-corrected chi connectivity index (χ0v) is 16.5. The molecule has 2 aliphatic rings. The van der Waals surface area contributed by atoms with Gasteiger partial charge in [-0.25, -0.2) is 0 Å². The van der Waals surface area contributed by atoms with Gasteiger partial charge in [-0.05, 0) is 74.1 Å². The third-order valence-electron chi connectivity index (χ3n) is 5.96. The lowest BCUT2D eigenvalue weighted by atomic mass is 9.93. The van der Waals surface area contributed by atoms with Crippen molar-refractivity contribution < 1.29 is 4.74 Å². The highest BCUT2D eigenvalue weighted by molar-refractivity contribution is 5.51. The number of anilines is 1. The molecule has 0 amide bonds. The minimum Gasteiger partial charge on any atom is -0.379 e. The molecule has 0 bridgehead atoms. The highest BCUT2D eigenvalue weighted by atomic mass is 16.5. The molecule has 27 heavy (non-hydrogen) atoms. The van der Waals surface area contributed by atoms with Crippen LogP contribution in [0.1, 0.15) is 29.5 Å². The van der Waals surface area contributed by atoms with E-state index in [4.69, 9.17) is 4.74 Å². The highest BCUT2D eigenvalue weighted by Crippen LogP contribution is 2.25. The molecule has 2 aliphatic heterocycles. The van der Waals surface area contributed by atoms with Crippen molar-refractivity contribution in [3.8, 4) is 0 Å². The molecule has 0 saturated carbocycles. The number of aromatic nitrogens is 1. The third-order valence-corrected chi connectivity index (χ3v) is 5.96. The topological polar surface area (TPSA) is 37.4 Å². The summed E-state index contributed by atoms with van der Waals surface area (Å²) >= 11 is 0. The van der Waals surface area contributed by atoms with Gasteiger partial charge < -0.3 is 15.0 Å². The van der Waals surface area contributed by atoms with Crippen LogP contribution in [0, 0.1) is 19.8 Å². The molecule has 2 fully saturated rings. The minimum atomic E-state index is 0.468. The fourth-order valence-electron chi connectivity index (χ4n) is 4.55. The van der Waals surface area contributed by atoms with Crippen LogP contribution >= 0.6 is 0 Å². The lowest BCUT2D eigenvalue weighted by Crippen LogP contribution is -2.48. The summed E-state index contributed by atoms with van der Waals surface area (Å²) in [6.07, 6.45) is 7.24. The molecule has 2 saturated heterocycles. The van der Waals surface area contributed by atoms with Crippen LogP contribution in [0.2, 0.25) is 0 Å². The van der Waals surface area contributed by atoms with Gasteiger partial charge in [0.1, 0.15) is 0 Å². The van der Waals surface area contributed by atoms with Crippen LogP contribution < -0.4 is 10.2 Å². The summed E-state index contributed by atoms with van der Waals surface area (Å²) in [5, 5.41) is 3.92. The summed E-state index contributed by atoms with van der Waals surface area (Å²) in [5.41, 5.74) is 5.45. The Morgan fingerprint density at radius 2 is 1.74 bits per heavy atom. The first kappa shape index (κ1) is 18.5. The van der Waals surface area contributed by atoms with Crippen molar-refractivity contribution in [3.63, 3.8) is 0 Å². The van der Waals surface area contributed by atoms with Crippen molar-refractivity contribution in [2.24, 2.45) is 5.92 Å². The van der Waals surface area contributed by atoms with Crippen molar-refractivity contribution in [3.05, 3.63) is 59.4 Å². The molecule has 4 nitrogen and oxygen atoms in total. The Kier molecular flexibility index (Phi) is 5.74. The lowest BCUT2D eigenvalue weighted by Gasteiger charge is -2.36. The molecule has 4 rings (SSSR count). The van der Waals surface area contributed by atoms with Gasteiger partial charge in [-0.1, -0.05) is 6.07 Å². The van der Waals surface area contributed by atoms with E-state index < -0.39 is 0 Å². The largest absolute Gasteiger partial charge is 0.379 e. The van der Waals surface area contributed by atoms with E-state index in [1.165, 1.54) is 35.2 Å². The molecule has 0 spiro atoms. The highest BCUT2D eigenvalue weighted by Gasteiger charge is 2.31. The molecular formula is C23H31N3O. The molecule has 1 N–H and O–H groups in total. The molecular weight excluding hydrogens is 334 g/mol. The molecule has 0 aliphatic carbocycles. The summed E-state index contributed by atoms with van der Waals surface area (Å²) in [4.78, 5) is 6.66. The van der Waals surface area contributed by atoms with Gasteiger partial charge in [0.15, 0.2) is 0 Å². The second kappa shape index (κ2) is 8.41. The van der Waals surface area contributed by atoms with Crippen LogP contribution in [-0.4, -0.2) is 43.4 Å². The number of aryl methyl sites for hydroxylation is 2. The Hall–Kier alpha value is -1.91. The van der Waals surface area contributed by atoms with Gasteiger partial charge in [0.25, 0.3) is 0 Å². The van der Waals surface area contributed by atoms with E-state index in [0.717, 1.165) is 32.7 Å². The summed E-state index contributed by atoms with van der Waals surface area (Å²) in [5.74, 6) is 0.560. The summed E-state index contributed by atoms with van der Waals surface area (Å²) in [6.45, 7) is 8.34. The van der Waals surface area contributed by atoms with Crippen LogP contribution in [-0.2, 0) is 11.2 Å². The Morgan fingerprint density at radius 1 is 1.04 bits per heavy atom. The van der Waals surface area contributed by atoms with Crippen molar-refractivity contribution >= 4 is 5.69 Å². The molecule has 144 valence electrons. The van der Waals surface area contributed by atoms with Crippen molar-refractivity contribution in [1.29, 1.82) is 0 Å². The second-order valence-corrected chi connectivity index (χ2v) is 8.24. The molecule has 0 unspecified atom stereocenters. The first-order chi connectivity index (χ1) is 13.2. The van der Waals surface area contributed by atoms with Gasteiger partial charge in [-0.15, -0.1) is 0 Å². The van der Waals surface area contributed by atoms with Gasteiger partial charge in [-0.2, -0.15) is 0 Å². The van der Waals surface area contributed by atoms with E-state index in [1.807, 2.05) is 12.4 Å². The average molecular weight is 366 g/mol. The number of pyridine rings is 1. The molecule has 0 radical (unpaired) electrons. The predicted octanol–water partition coefficient (Wildman–Crippen LogP) is 3.51. The third kappa shape index (κ3) is 4.69. The quantitative estimate of drug-likeness (QED) is 0.880. The number of piperidine rings is 1. The summed E-state index contributed by atoms with van der Waals surface area (Å²) in [6, 6.07) is 12.2. The monoisotopic (exact) mass is 365 g/mol. The molecule has 1 aromatic heterocycles. The van der Waals surface area contributed by atoms with Crippen LogP contribution in [0.25, 0.3) is 0 Å². The van der Waals surface area contributed by atoms with Gasteiger partial charge in [-0.3, -0.25) is 4.98 Å². The average Bonchev–Trinajstić information content (AvgIpc) is 3.09. The van der Waals surface area contributed by atoms with E-state index in [0.29, 0.717) is 18.0 Å². The Labute approximate surface area is 162 Å². The normalized spacial score (nSPS) is 23.7. The number of ether oxygens (including phenoxy) is 1. The van der Waals surface area contributed by atoms with Crippen LogP contribution in [0.5, 0.6) is 0 Å². The van der Waals surface area contributed by atoms with Crippen LogP contribution in [0.15, 0.2) is 42.7 Å². The fourth-order valence-corrected chi connectivity index (χ4v) is 4.55. The van der Waals surface area contributed by atoms with E-state index in [1.54, 1.807) is 0 Å². The van der Waals surface area contributed by atoms with E-state index >= 15 is 0 Å². The number of hydrogen-bond acceptors (Lipinski definition) is 4. The van der Waals surface area contributed by atoms with Crippen LogP contribution in [0.4, 0.5) is 5.69 Å². The number of nitrogens with zero attached hydrogens (tertiary/aromatic N) is 2. The van der Waals surface area contributed by atoms with Crippen molar-refractivity contribution in [2.75, 3.05) is 31.2 Å². The lowest BCUT2D eigenvalue weighted by molar-refractivity contribution is 0.181. The van der Waals surface area contributed by atoms with Crippen molar-refractivity contribution in [2.45, 2.75) is 45.2 Å². The molecule has 1 aromatic carbocycles. The maximum Gasteiger partial charge on any atom is 0.0623 e. The number of benzene rings is 1. The number of hydrogen-bond donors (Lipinski definition) is 1. The second-order valence-electron chi connectivity index (χ2n) is 8.24. The van der Waals surface area contributed by atoms with Gasteiger partial charge >= 0.3 is 0 Å². The standard InChI is InChI=1S/C23H31N3O/c1-17-11-18(2)13-22(12-17)26-9-5-21(6-10-26)25-23-16-27-15-20(23)14-19-3-7-24-8-4-19/h3-4,7-8,11-13,20-21,23,25H,5-6,9-10,14-16H2,1-2H3/t20-,23+/m1/s1. The zero-order valence-electron chi connectivity index (χ0n) is 16.5. The zero-order chi connectivity index (χ0) is 18.6. The van der Waals surface area contributed by atoms with Gasteiger partial charge in [0, 0.05) is 49.2 Å². The molecule has 2 aromatic rings. The fraction of sp³-hybridized carbons (Fsp3) is 0.522. The molecule has 4 heteroatoms.